The molecule has 2 amide bonds. The summed E-state index contributed by atoms with van der Waals surface area (Å²) in [6.07, 6.45) is 0.635. The van der Waals surface area contributed by atoms with Crippen molar-refractivity contribution in [1.29, 1.82) is 0 Å². The quantitative estimate of drug-likeness (QED) is 0.673. The molecule has 0 fully saturated rings. The van der Waals surface area contributed by atoms with Crippen LogP contribution in [0.25, 0.3) is 0 Å². The van der Waals surface area contributed by atoms with Gasteiger partial charge in [-0.25, -0.2) is 13.2 Å². The third-order valence-electron chi connectivity index (χ3n) is 3.14. The Morgan fingerprint density at radius 1 is 0.870 bits per heavy atom. The summed E-state index contributed by atoms with van der Waals surface area (Å²) in [5.74, 6) is -6.92. The molecule has 23 heavy (non-hydrogen) atoms. The molecule has 0 saturated heterocycles. The average molecular weight is 322 g/mol. The molecule has 0 aliphatic rings. The SMILES string of the molecule is CCc1ccccc1NC(=O)C(=O)Nc1ccc(F)c(F)c1F. The van der Waals surface area contributed by atoms with E-state index in [0.29, 0.717) is 18.2 Å². The molecule has 0 aliphatic carbocycles. The van der Waals surface area contributed by atoms with E-state index >= 15 is 0 Å². The van der Waals surface area contributed by atoms with Crippen LogP contribution in [-0.4, -0.2) is 11.8 Å². The molecule has 2 N–H and O–H groups in total. The van der Waals surface area contributed by atoms with Crippen LogP contribution in [0.5, 0.6) is 0 Å². The lowest BCUT2D eigenvalue weighted by molar-refractivity contribution is -0.133. The first-order valence-corrected chi connectivity index (χ1v) is 6.77. The predicted molar refractivity (Wildman–Crippen MR) is 79.4 cm³/mol. The number of hydrogen-bond donors (Lipinski definition) is 2. The van der Waals surface area contributed by atoms with Crippen LogP contribution < -0.4 is 10.6 Å². The van der Waals surface area contributed by atoms with Crippen LogP contribution in [0.1, 0.15) is 12.5 Å². The lowest BCUT2D eigenvalue weighted by Gasteiger charge is -2.10. The predicted octanol–water partition coefficient (Wildman–Crippen LogP) is 3.24. The first-order valence-electron chi connectivity index (χ1n) is 6.77. The van der Waals surface area contributed by atoms with Crippen LogP contribution in [0.4, 0.5) is 24.5 Å². The molecule has 2 rings (SSSR count). The number of benzene rings is 2. The number of para-hydroxylation sites is 1. The smallest absolute Gasteiger partial charge is 0.314 e. The van der Waals surface area contributed by atoms with Crippen molar-refractivity contribution in [3.8, 4) is 0 Å². The Morgan fingerprint density at radius 3 is 2.13 bits per heavy atom. The Morgan fingerprint density at radius 2 is 1.48 bits per heavy atom. The van der Waals surface area contributed by atoms with Crippen LogP contribution in [0.3, 0.4) is 0 Å². The molecule has 0 spiro atoms. The van der Waals surface area contributed by atoms with Gasteiger partial charge in [-0.3, -0.25) is 9.59 Å². The largest absolute Gasteiger partial charge is 0.318 e. The molecule has 0 radical (unpaired) electrons. The fourth-order valence-corrected chi connectivity index (χ4v) is 1.93. The van der Waals surface area contributed by atoms with Crippen molar-refractivity contribution in [3.63, 3.8) is 0 Å². The minimum absolute atomic E-state index is 0.445. The third kappa shape index (κ3) is 3.68. The van der Waals surface area contributed by atoms with Crippen molar-refractivity contribution in [2.24, 2.45) is 0 Å². The van der Waals surface area contributed by atoms with E-state index in [1.807, 2.05) is 12.2 Å². The molecule has 0 saturated carbocycles. The van der Waals surface area contributed by atoms with Gasteiger partial charge >= 0.3 is 11.8 Å². The summed E-state index contributed by atoms with van der Waals surface area (Å²) in [6, 6.07) is 8.34. The third-order valence-corrected chi connectivity index (χ3v) is 3.14. The number of carbonyl (C=O) groups excluding carboxylic acids is 2. The molecule has 120 valence electrons. The van der Waals surface area contributed by atoms with E-state index in [0.717, 1.165) is 11.6 Å². The van der Waals surface area contributed by atoms with Crippen LogP contribution in [0.2, 0.25) is 0 Å². The minimum Gasteiger partial charge on any atom is -0.318 e. The second kappa shape index (κ2) is 6.95. The lowest BCUT2D eigenvalue weighted by Crippen LogP contribution is -2.30. The van der Waals surface area contributed by atoms with Gasteiger partial charge < -0.3 is 10.6 Å². The highest BCUT2D eigenvalue weighted by Gasteiger charge is 2.19. The number of amides is 2. The maximum atomic E-state index is 13.5. The highest BCUT2D eigenvalue weighted by molar-refractivity contribution is 6.43. The number of rotatable bonds is 3. The van der Waals surface area contributed by atoms with E-state index in [-0.39, 0.29) is 0 Å². The van der Waals surface area contributed by atoms with Crippen LogP contribution >= 0.6 is 0 Å². The van der Waals surface area contributed by atoms with Crippen molar-refractivity contribution < 1.29 is 22.8 Å². The van der Waals surface area contributed by atoms with Gasteiger partial charge in [0, 0.05) is 5.69 Å². The number of anilines is 2. The van der Waals surface area contributed by atoms with E-state index in [1.165, 1.54) is 0 Å². The van der Waals surface area contributed by atoms with E-state index in [2.05, 4.69) is 5.32 Å². The molecule has 0 heterocycles. The summed E-state index contributed by atoms with van der Waals surface area (Å²) in [5.41, 5.74) is 0.640. The van der Waals surface area contributed by atoms with Gasteiger partial charge in [-0.15, -0.1) is 0 Å². The lowest BCUT2D eigenvalue weighted by atomic mass is 10.1. The Kier molecular flexibility index (Phi) is 5.00. The van der Waals surface area contributed by atoms with Gasteiger partial charge in [-0.05, 0) is 30.2 Å². The van der Waals surface area contributed by atoms with Gasteiger partial charge in [0.25, 0.3) is 0 Å². The summed E-state index contributed by atoms with van der Waals surface area (Å²) in [5, 5.41) is 4.29. The number of halogens is 3. The van der Waals surface area contributed by atoms with Gasteiger partial charge in [-0.2, -0.15) is 0 Å². The molecule has 2 aromatic carbocycles. The Hall–Kier alpha value is -2.83. The van der Waals surface area contributed by atoms with Crippen molar-refractivity contribution >= 4 is 23.2 Å². The molecule has 0 atom stereocenters. The Labute approximate surface area is 130 Å². The summed E-state index contributed by atoms with van der Waals surface area (Å²) < 4.78 is 39.4. The van der Waals surface area contributed by atoms with Crippen molar-refractivity contribution in [2.75, 3.05) is 10.6 Å². The molecule has 0 aromatic heterocycles. The fraction of sp³-hybridized carbons (Fsp3) is 0.125. The number of hydrogen-bond acceptors (Lipinski definition) is 2. The van der Waals surface area contributed by atoms with Crippen LogP contribution in [0.15, 0.2) is 36.4 Å². The number of carbonyl (C=O) groups is 2. The van der Waals surface area contributed by atoms with Crippen molar-refractivity contribution in [1.82, 2.24) is 0 Å². The monoisotopic (exact) mass is 322 g/mol. The minimum atomic E-state index is -1.72. The molecule has 0 unspecified atom stereocenters. The van der Waals surface area contributed by atoms with E-state index in [1.54, 1.807) is 24.3 Å². The second-order valence-corrected chi connectivity index (χ2v) is 4.64. The summed E-state index contributed by atoms with van der Waals surface area (Å²) in [6.45, 7) is 1.88. The average Bonchev–Trinajstić information content (AvgIpc) is 2.55. The molecule has 2 aromatic rings. The zero-order valence-electron chi connectivity index (χ0n) is 12.1. The summed E-state index contributed by atoms with van der Waals surface area (Å²) >= 11 is 0. The number of aryl methyl sites for hydroxylation is 1. The highest BCUT2D eigenvalue weighted by Crippen LogP contribution is 2.20. The molecular formula is C16H13F3N2O2. The Bertz CT molecular complexity index is 763. The van der Waals surface area contributed by atoms with Gasteiger partial charge in [0.05, 0.1) is 5.69 Å². The molecule has 0 bridgehead atoms. The Balaban J connectivity index is 2.12. The van der Waals surface area contributed by atoms with E-state index in [9.17, 15) is 22.8 Å². The maximum absolute atomic E-state index is 13.5. The fourth-order valence-electron chi connectivity index (χ4n) is 1.93. The van der Waals surface area contributed by atoms with E-state index < -0.39 is 35.0 Å². The van der Waals surface area contributed by atoms with Crippen LogP contribution in [-0.2, 0) is 16.0 Å². The first kappa shape index (κ1) is 16.5. The molecule has 4 nitrogen and oxygen atoms in total. The number of nitrogens with one attached hydrogen (secondary N) is 2. The second-order valence-electron chi connectivity index (χ2n) is 4.64. The maximum Gasteiger partial charge on any atom is 0.314 e. The molecule has 7 heteroatoms. The van der Waals surface area contributed by atoms with Gasteiger partial charge in [-0.1, -0.05) is 25.1 Å². The standard InChI is InChI=1S/C16H13F3N2O2/c1-2-9-5-3-4-6-11(9)20-15(22)16(23)21-12-8-7-10(17)13(18)14(12)19/h3-8H,2H2,1H3,(H,20,22)(H,21,23). The topological polar surface area (TPSA) is 58.2 Å². The van der Waals surface area contributed by atoms with E-state index in [4.69, 9.17) is 0 Å². The molecule has 0 aliphatic heterocycles. The summed E-state index contributed by atoms with van der Waals surface area (Å²) in [7, 11) is 0. The van der Waals surface area contributed by atoms with Gasteiger partial charge in [0.1, 0.15) is 0 Å². The zero-order chi connectivity index (χ0) is 17.0. The van der Waals surface area contributed by atoms with Crippen molar-refractivity contribution in [2.45, 2.75) is 13.3 Å². The van der Waals surface area contributed by atoms with Crippen molar-refractivity contribution in [3.05, 3.63) is 59.4 Å². The zero-order valence-corrected chi connectivity index (χ0v) is 12.1. The first-order chi connectivity index (χ1) is 10.9. The van der Waals surface area contributed by atoms with Gasteiger partial charge in [0.2, 0.25) is 0 Å². The normalized spacial score (nSPS) is 10.3. The van der Waals surface area contributed by atoms with Gasteiger partial charge in [0.15, 0.2) is 17.5 Å². The van der Waals surface area contributed by atoms with Crippen LogP contribution in [0, 0.1) is 17.5 Å². The summed E-state index contributed by atoms with van der Waals surface area (Å²) in [4.78, 5) is 23.6. The molecular weight excluding hydrogens is 309 g/mol. The highest BCUT2D eigenvalue weighted by atomic mass is 19.2.